The van der Waals surface area contributed by atoms with Gasteiger partial charge in [0.2, 0.25) is 6.08 Å². The van der Waals surface area contributed by atoms with Crippen LogP contribution in [0.4, 0.5) is 5.69 Å². The number of carbonyl (C=O) groups is 3. The van der Waals surface area contributed by atoms with E-state index in [0.29, 0.717) is 0 Å². The molecular formula is C12H8N2O5. The third kappa shape index (κ3) is 3.21. The number of nitrogens with zero attached hydrogens (tertiary/aromatic N) is 1. The Morgan fingerprint density at radius 2 is 1.74 bits per heavy atom. The van der Waals surface area contributed by atoms with Gasteiger partial charge in [-0.05, 0) is 18.2 Å². The topological polar surface area (TPSA) is 116 Å². The number of carbonyl (C=O) groups excluding carboxylic acids is 3. The predicted molar refractivity (Wildman–Crippen MR) is 63.4 cm³/mol. The van der Waals surface area contributed by atoms with Gasteiger partial charge in [-0.25, -0.2) is 19.9 Å². The van der Waals surface area contributed by atoms with E-state index in [9.17, 15) is 14.4 Å². The average molecular weight is 260 g/mol. The summed E-state index contributed by atoms with van der Waals surface area (Å²) in [6.45, 7) is 0. The number of aromatic carboxylic acids is 1. The first kappa shape index (κ1) is 14.0. The number of amides is 2. The van der Waals surface area contributed by atoms with E-state index in [-0.39, 0.29) is 11.3 Å². The molecule has 7 nitrogen and oxygen atoms in total. The van der Waals surface area contributed by atoms with Crippen molar-refractivity contribution in [2.75, 3.05) is 4.90 Å². The molecule has 2 N–H and O–H groups in total. The number of hydrogen-bond donors (Lipinski definition) is 2. The minimum atomic E-state index is -1.10. The number of rotatable bonds is 2. The van der Waals surface area contributed by atoms with Crippen molar-refractivity contribution in [3.8, 4) is 0 Å². The molecule has 0 aromatic heterocycles. The van der Waals surface area contributed by atoms with Crippen LogP contribution in [0, 0.1) is 5.41 Å². The van der Waals surface area contributed by atoms with Gasteiger partial charge in [0, 0.05) is 12.2 Å². The third-order valence-electron chi connectivity index (χ3n) is 2.16. The summed E-state index contributed by atoms with van der Waals surface area (Å²) in [7, 11) is 0. The fraction of sp³-hybridized carbons (Fsp3) is 0. The number of imide groups is 1. The van der Waals surface area contributed by atoms with Gasteiger partial charge >= 0.3 is 5.97 Å². The van der Waals surface area contributed by atoms with Gasteiger partial charge in [-0.15, -0.1) is 0 Å². The first-order valence-electron chi connectivity index (χ1n) is 4.94. The molecular weight excluding hydrogens is 252 g/mol. The van der Waals surface area contributed by atoms with E-state index in [1.807, 2.05) is 0 Å². The molecule has 0 bridgehead atoms. The van der Waals surface area contributed by atoms with Gasteiger partial charge in [0.05, 0.1) is 11.3 Å². The van der Waals surface area contributed by atoms with Crippen LogP contribution in [-0.4, -0.2) is 29.0 Å². The van der Waals surface area contributed by atoms with Crippen LogP contribution < -0.4 is 4.90 Å². The molecule has 1 aromatic rings. The van der Waals surface area contributed by atoms with Crippen LogP contribution in [0.2, 0.25) is 0 Å². The number of isocyanates is 1. The maximum Gasteiger partial charge on any atom is 0.335 e. The van der Waals surface area contributed by atoms with E-state index < -0.39 is 17.8 Å². The van der Waals surface area contributed by atoms with Crippen molar-refractivity contribution in [3.05, 3.63) is 42.0 Å². The van der Waals surface area contributed by atoms with Crippen molar-refractivity contribution >= 4 is 29.6 Å². The summed E-state index contributed by atoms with van der Waals surface area (Å²) in [6, 6.07) is 5.67. The van der Waals surface area contributed by atoms with Crippen LogP contribution >= 0.6 is 0 Å². The van der Waals surface area contributed by atoms with E-state index in [4.69, 9.17) is 15.3 Å². The molecule has 0 unspecified atom stereocenters. The lowest BCUT2D eigenvalue weighted by atomic mass is 10.2. The molecule has 1 heterocycles. The van der Waals surface area contributed by atoms with Crippen LogP contribution in [0.1, 0.15) is 10.4 Å². The quantitative estimate of drug-likeness (QED) is 0.461. The zero-order valence-corrected chi connectivity index (χ0v) is 9.49. The molecule has 0 saturated heterocycles. The number of hydrogen-bond acceptors (Lipinski definition) is 5. The third-order valence-corrected chi connectivity index (χ3v) is 2.16. The fourth-order valence-corrected chi connectivity index (χ4v) is 1.43. The van der Waals surface area contributed by atoms with Crippen LogP contribution in [0.15, 0.2) is 36.4 Å². The lowest BCUT2D eigenvalue weighted by Crippen LogP contribution is -2.29. The van der Waals surface area contributed by atoms with Gasteiger partial charge in [0.1, 0.15) is 0 Å². The Kier molecular flexibility index (Phi) is 4.45. The molecule has 1 aliphatic rings. The normalized spacial score (nSPS) is 12.7. The van der Waals surface area contributed by atoms with Gasteiger partial charge in [0.15, 0.2) is 0 Å². The zero-order valence-electron chi connectivity index (χ0n) is 9.49. The van der Waals surface area contributed by atoms with Crippen LogP contribution in [0.3, 0.4) is 0 Å². The molecule has 0 atom stereocenters. The minimum Gasteiger partial charge on any atom is -0.478 e. The second-order valence-electron chi connectivity index (χ2n) is 3.30. The lowest BCUT2D eigenvalue weighted by Gasteiger charge is -2.13. The number of benzene rings is 1. The molecule has 0 spiro atoms. The Bertz CT molecular complexity index is 582. The second kappa shape index (κ2) is 6.04. The summed E-state index contributed by atoms with van der Waals surface area (Å²) < 4.78 is 0. The van der Waals surface area contributed by atoms with E-state index in [1.165, 1.54) is 24.3 Å². The first-order valence-corrected chi connectivity index (χ1v) is 4.94. The van der Waals surface area contributed by atoms with E-state index in [2.05, 4.69) is 0 Å². The van der Waals surface area contributed by atoms with E-state index in [0.717, 1.165) is 23.1 Å². The molecule has 0 saturated carbocycles. The van der Waals surface area contributed by atoms with Gasteiger partial charge in [-0.1, -0.05) is 6.07 Å². The molecule has 7 heteroatoms. The second-order valence-corrected chi connectivity index (χ2v) is 3.30. The Hall–Kier alpha value is -3.05. The van der Waals surface area contributed by atoms with Crippen LogP contribution in [-0.2, 0) is 14.4 Å². The molecule has 0 aliphatic carbocycles. The standard InChI is InChI=1S/C11H7NO4.CHNO/c13-9-4-5-10(14)12(9)8-3-1-2-7(6-8)11(15)16;2-1-3/h1-6H,(H,15,16);2H. The number of carboxylic acid groups (broad SMARTS) is 1. The first-order chi connectivity index (χ1) is 9.01. The Balaban J connectivity index is 0.000000550. The maximum atomic E-state index is 11.3. The molecule has 0 fully saturated rings. The monoisotopic (exact) mass is 260 g/mol. The van der Waals surface area contributed by atoms with Gasteiger partial charge < -0.3 is 5.11 Å². The highest BCUT2D eigenvalue weighted by molar-refractivity contribution is 6.28. The smallest absolute Gasteiger partial charge is 0.335 e. The highest BCUT2D eigenvalue weighted by atomic mass is 16.4. The van der Waals surface area contributed by atoms with Crippen molar-refractivity contribution in [1.29, 1.82) is 5.41 Å². The van der Waals surface area contributed by atoms with Crippen molar-refractivity contribution in [2.24, 2.45) is 0 Å². The van der Waals surface area contributed by atoms with Gasteiger partial charge in [0.25, 0.3) is 11.8 Å². The number of anilines is 1. The van der Waals surface area contributed by atoms with Crippen LogP contribution in [0.25, 0.3) is 0 Å². The summed E-state index contributed by atoms with van der Waals surface area (Å²) in [4.78, 5) is 42.7. The van der Waals surface area contributed by atoms with Crippen molar-refractivity contribution in [2.45, 2.75) is 0 Å². The van der Waals surface area contributed by atoms with E-state index in [1.54, 1.807) is 0 Å². The SMILES string of the molecule is N=C=O.O=C(O)c1cccc(N2C(=O)C=CC2=O)c1. The highest BCUT2D eigenvalue weighted by Gasteiger charge is 2.25. The lowest BCUT2D eigenvalue weighted by molar-refractivity contribution is -0.119. The number of carboxylic acids is 1. The van der Waals surface area contributed by atoms with Gasteiger partial charge in [-0.2, -0.15) is 0 Å². The summed E-state index contributed by atoms with van der Waals surface area (Å²) in [5, 5.41) is 14.2. The summed E-state index contributed by atoms with van der Waals surface area (Å²) in [6.07, 6.45) is 3.05. The molecule has 1 aromatic carbocycles. The van der Waals surface area contributed by atoms with Gasteiger partial charge in [-0.3, -0.25) is 9.59 Å². The highest BCUT2D eigenvalue weighted by Crippen LogP contribution is 2.20. The summed E-state index contributed by atoms with van der Waals surface area (Å²) >= 11 is 0. The fourth-order valence-electron chi connectivity index (χ4n) is 1.43. The van der Waals surface area contributed by atoms with Crippen molar-refractivity contribution in [3.63, 3.8) is 0 Å². The largest absolute Gasteiger partial charge is 0.478 e. The Morgan fingerprint density at radius 1 is 1.21 bits per heavy atom. The molecule has 2 rings (SSSR count). The maximum absolute atomic E-state index is 11.3. The summed E-state index contributed by atoms with van der Waals surface area (Å²) in [5.41, 5.74) is 0.296. The summed E-state index contributed by atoms with van der Waals surface area (Å²) in [5.74, 6) is -2.03. The average Bonchev–Trinajstić information content (AvgIpc) is 2.70. The molecule has 2 amide bonds. The number of nitrogens with one attached hydrogen (secondary N) is 1. The Morgan fingerprint density at radius 3 is 2.21 bits per heavy atom. The van der Waals surface area contributed by atoms with E-state index >= 15 is 0 Å². The predicted octanol–water partition coefficient (Wildman–Crippen LogP) is 0.715. The van der Waals surface area contributed by atoms with Crippen LogP contribution in [0.5, 0.6) is 0 Å². The molecule has 1 aliphatic heterocycles. The molecule has 19 heavy (non-hydrogen) atoms. The van der Waals surface area contributed by atoms with Crippen molar-refractivity contribution in [1.82, 2.24) is 0 Å². The minimum absolute atomic E-state index is 0.0324. The molecule has 0 radical (unpaired) electrons. The molecule has 96 valence electrons. The zero-order chi connectivity index (χ0) is 14.4. The van der Waals surface area contributed by atoms with Crippen molar-refractivity contribution < 1.29 is 24.3 Å². The Labute approximate surface area is 107 Å².